The molecule has 6 nitrogen and oxygen atoms in total. The van der Waals surface area contributed by atoms with Crippen LogP contribution in [0, 0.1) is 0 Å². The molecule has 0 saturated carbocycles. The van der Waals surface area contributed by atoms with Crippen molar-refractivity contribution in [2.45, 2.75) is 4.90 Å². The number of fused-ring (bicyclic) bond motifs is 1. The SMILES string of the molecule is O=S(=O)(O)c1ccc2c(-c3ccc(N=Nc4ccccc4)cc3)c(O)ccc2c1. The average molecular weight is 404 g/mol. The summed E-state index contributed by atoms with van der Waals surface area (Å²) in [5.41, 5.74) is 2.71. The van der Waals surface area contributed by atoms with E-state index in [-0.39, 0.29) is 10.6 Å². The van der Waals surface area contributed by atoms with Crippen LogP contribution in [0.4, 0.5) is 11.4 Å². The molecule has 4 rings (SSSR count). The van der Waals surface area contributed by atoms with Crippen LogP contribution in [0.2, 0.25) is 0 Å². The van der Waals surface area contributed by atoms with Crippen molar-refractivity contribution in [2.75, 3.05) is 0 Å². The van der Waals surface area contributed by atoms with E-state index in [2.05, 4.69) is 10.2 Å². The quantitative estimate of drug-likeness (QED) is 0.328. The molecule has 144 valence electrons. The Morgan fingerprint density at radius 3 is 2.03 bits per heavy atom. The maximum absolute atomic E-state index is 11.4. The summed E-state index contributed by atoms with van der Waals surface area (Å²) in [6.07, 6.45) is 0. The number of hydrogen-bond acceptors (Lipinski definition) is 5. The van der Waals surface area contributed by atoms with Crippen molar-refractivity contribution >= 4 is 32.3 Å². The minimum Gasteiger partial charge on any atom is -0.507 e. The fraction of sp³-hybridized carbons (Fsp3) is 0. The smallest absolute Gasteiger partial charge is 0.294 e. The lowest BCUT2D eigenvalue weighted by molar-refractivity contribution is 0.478. The van der Waals surface area contributed by atoms with E-state index in [1.54, 1.807) is 24.3 Å². The lowest BCUT2D eigenvalue weighted by atomic mass is 9.97. The Bertz CT molecular complexity index is 1320. The average Bonchev–Trinajstić information content (AvgIpc) is 2.72. The van der Waals surface area contributed by atoms with E-state index in [0.717, 1.165) is 11.3 Å². The summed E-state index contributed by atoms with van der Waals surface area (Å²) in [4.78, 5) is -0.196. The van der Waals surface area contributed by atoms with Crippen LogP contribution >= 0.6 is 0 Å². The van der Waals surface area contributed by atoms with Crippen molar-refractivity contribution in [3.8, 4) is 16.9 Å². The number of azo groups is 1. The number of hydrogen-bond donors (Lipinski definition) is 2. The molecule has 0 aromatic heterocycles. The molecule has 0 atom stereocenters. The maximum atomic E-state index is 11.4. The molecule has 0 fully saturated rings. The molecule has 0 unspecified atom stereocenters. The fourth-order valence-corrected chi connectivity index (χ4v) is 3.58. The third-order valence-corrected chi connectivity index (χ3v) is 5.31. The highest BCUT2D eigenvalue weighted by molar-refractivity contribution is 7.85. The predicted octanol–water partition coefficient (Wildman–Crippen LogP) is 5.87. The van der Waals surface area contributed by atoms with E-state index in [1.807, 2.05) is 42.5 Å². The number of aromatic hydroxyl groups is 1. The topological polar surface area (TPSA) is 99.3 Å². The molecule has 0 saturated heterocycles. The largest absolute Gasteiger partial charge is 0.507 e. The molecule has 7 heteroatoms. The normalized spacial score (nSPS) is 11.9. The van der Waals surface area contributed by atoms with E-state index in [0.29, 0.717) is 22.0 Å². The molecule has 4 aromatic carbocycles. The Balaban J connectivity index is 1.72. The van der Waals surface area contributed by atoms with Gasteiger partial charge in [-0.25, -0.2) is 0 Å². The molecular formula is C22H16N2O4S. The van der Waals surface area contributed by atoms with Crippen LogP contribution in [0.15, 0.2) is 100 Å². The van der Waals surface area contributed by atoms with Gasteiger partial charge in [-0.05, 0) is 58.8 Å². The van der Waals surface area contributed by atoms with Gasteiger partial charge in [-0.1, -0.05) is 42.5 Å². The number of nitrogens with zero attached hydrogens (tertiary/aromatic N) is 2. The minimum atomic E-state index is -4.30. The second-order valence-electron chi connectivity index (χ2n) is 6.40. The molecule has 0 spiro atoms. The molecule has 4 aromatic rings. The second-order valence-corrected chi connectivity index (χ2v) is 7.82. The zero-order valence-electron chi connectivity index (χ0n) is 15.1. The van der Waals surface area contributed by atoms with E-state index in [1.165, 1.54) is 18.2 Å². The van der Waals surface area contributed by atoms with Gasteiger partial charge in [0.05, 0.1) is 16.3 Å². The molecule has 0 aliphatic rings. The summed E-state index contributed by atoms with van der Waals surface area (Å²) in [6, 6.07) is 23.9. The number of phenolic OH excluding ortho intramolecular Hbond substituents is 1. The first kappa shape index (κ1) is 18.8. The summed E-state index contributed by atoms with van der Waals surface area (Å²) in [6.45, 7) is 0. The predicted molar refractivity (Wildman–Crippen MR) is 111 cm³/mol. The van der Waals surface area contributed by atoms with Crippen molar-refractivity contribution in [1.29, 1.82) is 0 Å². The molecule has 0 heterocycles. The van der Waals surface area contributed by atoms with Crippen LogP contribution in [-0.4, -0.2) is 18.1 Å². The van der Waals surface area contributed by atoms with Gasteiger partial charge in [-0.15, -0.1) is 0 Å². The monoisotopic (exact) mass is 404 g/mol. The third kappa shape index (κ3) is 4.01. The molecule has 2 N–H and O–H groups in total. The highest BCUT2D eigenvalue weighted by Gasteiger charge is 2.14. The van der Waals surface area contributed by atoms with Gasteiger partial charge >= 0.3 is 0 Å². The third-order valence-electron chi connectivity index (χ3n) is 4.46. The van der Waals surface area contributed by atoms with Gasteiger partial charge in [0.25, 0.3) is 10.1 Å². The zero-order valence-corrected chi connectivity index (χ0v) is 15.9. The van der Waals surface area contributed by atoms with Crippen LogP contribution in [0.25, 0.3) is 21.9 Å². The lowest BCUT2D eigenvalue weighted by Gasteiger charge is -2.10. The molecule has 0 bridgehead atoms. The summed E-state index contributed by atoms with van der Waals surface area (Å²) in [5, 5.41) is 20.0. The molecule has 29 heavy (non-hydrogen) atoms. The summed E-state index contributed by atoms with van der Waals surface area (Å²) in [7, 11) is -4.30. The molecule has 0 radical (unpaired) electrons. The first-order valence-corrected chi connectivity index (χ1v) is 10.2. The van der Waals surface area contributed by atoms with Crippen molar-refractivity contribution < 1.29 is 18.1 Å². The minimum absolute atomic E-state index is 0.0655. The summed E-state index contributed by atoms with van der Waals surface area (Å²) >= 11 is 0. The van der Waals surface area contributed by atoms with Gasteiger partial charge in [-0.2, -0.15) is 18.6 Å². The van der Waals surface area contributed by atoms with Crippen molar-refractivity contribution in [3.05, 3.63) is 84.9 Å². The van der Waals surface area contributed by atoms with Crippen LogP contribution in [-0.2, 0) is 10.1 Å². The van der Waals surface area contributed by atoms with Crippen LogP contribution < -0.4 is 0 Å². The lowest BCUT2D eigenvalue weighted by Crippen LogP contribution is -1.97. The zero-order chi connectivity index (χ0) is 20.4. The number of phenols is 1. The molecular weight excluding hydrogens is 388 g/mol. The van der Waals surface area contributed by atoms with Gasteiger partial charge in [0.15, 0.2) is 0 Å². The standard InChI is InChI=1S/C22H16N2O4S/c25-21-13-8-16-14-19(29(26,27)28)11-12-20(16)22(21)15-6-9-18(10-7-15)24-23-17-4-2-1-3-5-17/h1-14,25H,(H,26,27,28). The Morgan fingerprint density at radius 1 is 0.724 bits per heavy atom. The second kappa shape index (κ2) is 7.46. The Morgan fingerprint density at radius 2 is 1.38 bits per heavy atom. The Hall–Kier alpha value is -3.55. The van der Waals surface area contributed by atoms with Gasteiger partial charge in [0.1, 0.15) is 5.75 Å². The van der Waals surface area contributed by atoms with E-state index < -0.39 is 10.1 Å². The van der Waals surface area contributed by atoms with Gasteiger partial charge in [-0.3, -0.25) is 4.55 Å². The van der Waals surface area contributed by atoms with Crippen molar-refractivity contribution in [2.24, 2.45) is 10.2 Å². The highest BCUT2D eigenvalue weighted by Crippen LogP contribution is 2.37. The number of benzene rings is 4. The van der Waals surface area contributed by atoms with Crippen molar-refractivity contribution in [1.82, 2.24) is 0 Å². The summed E-state index contributed by atoms with van der Waals surface area (Å²) in [5.74, 6) is 0.0655. The first-order chi connectivity index (χ1) is 13.9. The molecule has 0 amide bonds. The van der Waals surface area contributed by atoms with Gasteiger partial charge < -0.3 is 5.11 Å². The Labute approximate surface area is 167 Å². The highest BCUT2D eigenvalue weighted by atomic mass is 32.2. The summed E-state index contributed by atoms with van der Waals surface area (Å²) < 4.78 is 32.0. The first-order valence-electron chi connectivity index (χ1n) is 8.72. The van der Waals surface area contributed by atoms with Crippen molar-refractivity contribution in [3.63, 3.8) is 0 Å². The van der Waals surface area contributed by atoms with Gasteiger partial charge in [0, 0.05) is 5.56 Å². The van der Waals surface area contributed by atoms with E-state index in [4.69, 9.17) is 0 Å². The molecule has 0 aliphatic heterocycles. The van der Waals surface area contributed by atoms with E-state index >= 15 is 0 Å². The van der Waals surface area contributed by atoms with Crippen LogP contribution in [0.1, 0.15) is 0 Å². The van der Waals surface area contributed by atoms with Crippen LogP contribution in [0.3, 0.4) is 0 Å². The van der Waals surface area contributed by atoms with Gasteiger partial charge in [0.2, 0.25) is 0 Å². The Kier molecular flexibility index (Phi) is 4.84. The maximum Gasteiger partial charge on any atom is 0.294 e. The fourth-order valence-electron chi connectivity index (χ4n) is 3.07. The van der Waals surface area contributed by atoms with E-state index in [9.17, 15) is 18.1 Å². The molecule has 0 aliphatic carbocycles. The van der Waals surface area contributed by atoms with Crippen LogP contribution in [0.5, 0.6) is 5.75 Å². The number of rotatable bonds is 4.